The van der Waals surface area contributed by atoms with Crippen LogP contribution >= 0.6 is 11.6 Å². The van der Waals surface area contributed by atoms with Crippen molar-refractivity contribution in [3.05, 3.63) is 47.0 Å². The minimum absolute atomic E-state index is 0.132. The summed E-state index contributed by atoms with van der Waals surface area (Å²) in [6.07, 6.45) is 4.98. The molecule has 1 fully saturated rings. The van der Waals surface area contributed by atoms with Crippen LogP contribution in [0.4, 0.5) is 4.39 Å². The topological polar surface area (TPSA) is 54.2 Å². The van der Waals surface area contributed by atoms with Gasteiger partial charge in [-0.1, -0.05) is 22.9 Å². The Morgan fingerprint density at radius 2 is 2.27 bits per heavy atom. The van der Waals surface area contributed by atoms with Gasteiger partial charge in [0, 0.05) is 19.3 Å². The summed E-state index contributed by atoms with van der Waals surface area (Å²) >= 11 is 5.82. The fourth-order valence-corrected chi connectivity index (χ4v) is 3.19. The number of nitrogens with zero attached hydrogens (tertiary/aromatic N) is 4. The summed E-state index contributed by atoms with van der Waals surface area (Å²) in [7, 11) is 0. The highest BCUT2D eigenvalue weighted by molar-refractivity contribution is 6.30. The van der Waals surface area contributed by atoms with Gasteiger partial charge in [-0.15, -0.1) is 5.10 Å². The van der Waals surface area contributed by atoms with Crippen LogP contribution in [0.15, 0.2) is 30.6 Å². The average molecular weight is 325 g/mol. The van der Waals surface area contributed by atoms with E-state index in [2.05, 4.69) is 15.2 Å². The SMILES string of the molecule is OC1(Cn2ccnn2)CCCN(Cc2ccc(F)c(Cl)c2)C1. The number of likely N-dealkylation sites (tertiary alicyclic amines) is 1. The summed E-state index contributed by atoms with van der Waals surface area (Å²) in [5.74, 6) is -0.410. The Balaban J connectivity index is 1.66. The normalized spacial score (nSPS) is 22.9. The molecule has 1 aromatic carbocycles. The van der Waals surface area contributed by atoms with Crippen LogP contribution in [0.1, 0.15) is 18.4 Å². The molecule has 0 aliphatic carbocycles. The number of β-amino-alcohol motifs (C(OH)–C–C–N with tert-alkyl or cyclic N) is 1. The van der Waals surface area contributed by atoms with Crippen LogP contribution in [-0.2, 0) is 13.1 Å². The van der Waals surface area contributed by atoms with Gasteiger partial charge >= 0.3 is 0 Å². The van der Waals surface area contributed by atoms with E-state index in [1.807, 2.05) is 0 Å². The third-order valence-electron chi connectivity index (χ3n) is 3.95. The molecule has 118 valence electrons. The number of aromatic nitrogens is 3. The molecule has 0 saturated carbocycles. The lowest BCUT2D eigenvalue weighted by Gasteiger charge is -2.39. The van der Waals surface area contributed by atoms with Crippen LogP contribution in [-0.4, -0.2) is 43.7 Å². The van der Waals surface area contributed by atoms with E-state index in [1.165, 1.54) is 6.07 Å². The first-order valence-corrected chi connectivity index (χ1v) is 7.65. The molecule has 0 amide bonds. The summed E-state index contributed by atoms with van der Waals surface area (Å²) in [5, 5.41) is 18.6. The highest BCUT2D eigenvalue weighted by Gasteiger charge is 2.33. The van der Waals surface area contributed by atoms with Crippen molar-refractivity contribution in [1.29, 1.82) is 0 Å². The van der Waals surface area contributed by atoms with E-state index in [4.69, 9.17) is 11.6 Å². The average Bonchev–Trinajstić information content (AvgIpc) is 2.95. The van der Waals surface area contributed by atoms with Gasteiger partial charge in [-0.3, -0.25) is 4.90 Å². The molecule has 1 aliphatic heterocycles. The van der Waals surface area contributed by atoms with Gasteiger partial charge in [0.25, 0.3) is 0 Å². The van der Waals surface area contributed by atoms with Crippen molar-refractivity contribution in [1.82, 2.24) is 19.9 Å². The van der Waals surface area contributed by atoms with Crippen LogP contribution in [0.2, 0.25) is 5.02 Å². The van der Waals surface area contributed by atoms with Crippen LogP contribution < -0.4 is 0 Å². The lowest BCUT2D eigenvalue weighted by atomic mass is 9.92. The lowest BCUT2D eigenvalue weighted by molar-refractivity contribution is -0.0478. The summed E-state index contributed by atoms with van der Waals surface area (Å²) in [4.78, 5) is 2.16. The summed E-state index contributed by atoms with van der Waals surface area (Å²) < 4.78 is 14.9. The van der Waals surface area contributed by atoms with E-state index in [-0.39, 0.29) is 5.02 Å². The van der Waals surface area contributed by atoms with Crippen molar-refractivity contribution in [3.8, 4) is 0 Å². The van der Waals surface area contributed by atoms with E-state index in [9.17, 15) is 9.50 Å². The Morgan fingerprint density at radius 1 is 1.41 bits per heavy atom. The first-order chi connectivity index (χ1) is 10.5. The van der Waals surface area contributed by atoms with Crippen molar-refractivity contribution in [2.75, 3.05) is 13.1 Å². The minimum Gasteiger partial charge on any atom is -0.387 e. The Labute approximate surface area is 133 Å². The third kappa shape index (κ3) is 3.63. The van der Waals surface area contributed by atoms with Crippen molar-refractivity contribution in [2.45, 2.75) is 31.5 Å². The molecule has 1 atom stereocenters. The maximum Gasteiger partial charge on any atom is 0.141 e. The second-order valence-electron chi connectivity index (χ2n) is 5.89. The molecule has 7 heteroatoms. The zero-order valence-electron chi connectivity index (χ0n) is 12.1. The highest BCUT2D eigenvalue weighted by atomic mass is 35.5. The number of halogens is 2. The zero-order valence-corrected chi connectivity index (χ0v) is 12.9. The van der Waals surface area contributed by atoms with Crippen molar-refractivity contribution < 1.29 is 9.50 Å². The molecular formula is C15H18ClFN4O. The number of rotatable bonds is 4. The molecule has 5 nitrogen and oxygen atoms in total. The number of aliphatic hydroxyl groups is 1. The summed E-state index contributed by atoms with van der Waals surface area (Å²) in [6, 6.07) is 4.75. The molecule has 1 unspecified atom stereocenters. The van der Waals surface area contributed by atoms with Gasteiger partial charge in [0.05, 0.1) is 23.4 Å². The predicted octanol–water partition coefficient (Wildman–Crippen LogP) is 2.10. The second-order valence-corrected chi connectivity index (χ2v) is 6.29. The first kappa shape index (κ1) is 15.4. The van der Waals surface area contributed by atoms with Crippen molar-refractivity contribution in [2.24, 2.45) is 0 Å². The first-order valence-electron chi connectivity index (χ1n) is 7.27. The van der Waals surface area contributed by atoms with E-state index in [0.29, 0.717) is 19.6 Å². The minimum atomic E-state index is -0.824. The molecule has 3 rings (SSSR count). The van der Waals surface area contributed by atoms with E-state index >= 15 is 0 Å². The Bertz CT molecular complexity index is 636. The summed E-state index contributed by atoms with van der Waals surface area (Å²) in [5.41, 5.74) is 0.117. The van der Waals surface area contributed by atoms with Gasteiger partial charge in [-0.25, -0.2) is 9.07 Å². The van der Waals surface area contributed by atoms with Crippen LogP contribution in [0.25, 0.3) is 0 Å². The van der Waals surface area contributed by atoms with Crippen molar-refractivity contribution in [3.63, 3.8) is 0 Å². The summed E-state index contributed by atoms with van der Waals surface area (Å²) in [6.45, 7) is 2.50. The molecule has 1 saturated heterocycles. The fourth-order valence-electron chi connectivity index (χ4n) is 2.98. The molecule has 2 heterocycles. The van der Waals surface area contributed by atoms with Crippen molar-refractivity contribution >= 4 is 11.6 Å². The quantitative estimate of drug-likeness (QED) is 0.935. The van der Waals surface area contributed by atoms with E-state index in [1.54, 1.807) is 29.2 Å². The Hall–Kier alpha value is -1.50. The molecular weight excluding hydrogens is 307 g/mol. The molecule has 1 aliphatic rings. The molecule has 0 bridgehead atoms. The van der Waals surface area contributed by atoms with Gasteiger partial charge in [-0.2, -0.15) is 0 Å². The molecule has 2 aromatic rings. The standard InChI is InChI=1S/C15H18ClFN4O/c16-13-8-12(2-3-14(13)17)9-20-6-1-4-15(22,10-20)11-21-7-5-18-19-21/h2-3,5,7-8,22H,1,4,6,9-11H2. The molecule has 1 aromatic heterocycles. The van der Waals surface area contributed by atoms with Gasteiger partial charge in [0.15, 0.2) is 0 Å². The lowest BCUT2D eigenvalue weighted by Crippen LogP contribution is -2.50. The number of piperidine rings is 1. The van der Waals surface area contributed by atoms with Crippen LogP contribution in [0.3, 0.4) is 0 Å². The maximum absolute atomic E-state index is 13.2. The van der Waals surface area contributed by atoms with Gasteiger partial charge in [0.2, 0.25) is 0 Å². The molecule has 0 spiro atoms. The number of benzene rings is 1. The largest absolute Gasteiger partial charge is 0.387 e. The molecule has 1 N–H and O–H groups in total. The van der Waals surface area contributed by atoms with Gasteiger partial charge < -0.3 is 5.11 Å². The number of hydrogen-bond acceptors (Lipinski definition) is 4. The molecule has 0 radical (unpaired) electrons. The van der Waals surface area contributed by atoms with Crippen LogP contribution in [0, 0.1) is 5.82 Å². The molecule has 22 heavy (non-hydrogen) atoms. The van der Waals surface area contributed by atoms with Gasteiger partial charge in [-0.05, 0) is 37.1 Å². The predicted molar refractivity (Wildman–Crippen MR) is 80.9 cm³/mol. The Kier molecular flexibility index (Phi) is 4.42. The van der Waals surface area contributed by atoms with Gasteiger partial charge in [0.1, 0.15) is 5.82 Å². The maximum atomic E-state index is 13.2. The highest BCUT2D eigenvalue weighted by Crippen LogP contribution is 2.25. The number of hydrogen-bond donors (Lipinski definition) is 1. The monoisotopic (exact) mass is 324 g/mol. The fraction of sp³-hybridized carbons (Fsp3) is 0.467. The Morgan fingerprint density at radius 3 is 3.00 bits per heavy atom. The smallest absolute Gasteiger partial charge is 0.141 e. The second kappa shape index (κ2) is 6.32. The van der Waals surface area contributed by atoms with Crippen LogP contribution in [0.5, 0.6) is 0 Å². The van der Waals surface area contributed by atoms with E-state index < -0.39 is 11.4 Å². The third-order valence-corrected chi connectivity index (χ3v) is 4.24. The zero-order chi connectivity index (χ0) is 15.6. The van der Waals surface area contributed by atoms with E-state index in [0.717, 1.165) is 24.9 Å².